The van der Waals surface area contributed by atoms with Gasteiger partial charge in [-0.3, -0.25) is 0 Å². The zero-order valence-corrected chi connectivity index (χ0v) is 15.9. The average Bonchev–Trinajstić information content (AvgIpc) is 2.60. The molecule has 2 rings (SSSR count). The molecule has 0 aliphatic rings. The van der Waals surface area contributed by atoms with Crippen LogP contribution in [0, 0.1) is 6.92 Å². The van der Waals surface area contributed by atoms with Crippen LogP contribution in [-0.4, -0.2) is 27.4 Å². The molecule has 0 spiro atoms. The maximum atomic E-state index is 6.42. The maximum absolute atomic E-state index is 6.42. The second-order valence-electron chi connectivity index (χ2n) is 5.91. The van der Waals surface area contributed by atoms with Gasteiger partial charge in [-0.15, -0.1) is 0 Å². The third kappa shape index (κ3) is 6.24. The van der Waals surface area contributed by atoms with E-state index in [9.17, 15) is 0 Å². The summed E-state index contributed by atoms with van der Waals surface area (Å²) < 4.78 is 16.4. The lowest BCUT2D eigenvalue weighted by atomic mass is 10.1. The highest BCUT2D eigenvalue weighted by atomic mass is 35.5. The van der Waals surface area contributed by atoms with E-state index in [0.717, 1.165) is 37.2 Å². The van der Waals surface area contributed by atoms with Crippen molar-refractivity contribution in [3.05, 3.63) is 58.1 Å². The summed E-state index contributed by atoms with van der Waals surface area (Å²) in [4.78, 5) is 0. The van der Waals surface area contributed by atoms with Crippen LogP contribution in [0.2, 0.25) is 5.02 Å². The van der Waals surface area contributed by atoms with Crippen molar-refractivity contribution in [1.29, 1.82) is 0 Å². The van der Waals surface area contributed by atoms with Crippen LogP contribution in [0.5, 0.6) is 11.5 Å². The molecule has 0 aromatic heterocycles. The van der Waals surface area contributed by atoms with E-state index in [1.807, 2.05) is 24.3 Å². The lowest BCUT2D eigenvalue weighted by Gasteiger charge is -2.15. The Morgan fingerprint density at radius 3 is 2.64 bits per heavy atom. The van der Waals surface area contributed by atoms with Gasteiger partial charge in [0.2, 0.25) is 0 Å². The number of hydrogen-bond acceptors (Lipinski definition) is 4. The fraction of sp³-hybridized carbons (Fsp3) is 0.400. The lowest BCUT2D eigenvalue weighted by Crippen LogP contribution is -2.16. The lowest BCUT2D eigenvalue weighted by molar-refractivity contribution is 0.194. The van der Waals surface area contributed by atoms with Crippen LogP contribution in [0.25, 0.3) is 0 Å². The summed E-state index contributed by atoms with van der Waals surface area (Å²) in [5.41, 5.74) is 3.36. The van der Waals surface area contributed by atoms with Crippen LogP contribution >= 0.6 is 11.6 Å². The van der Waals surface area contributed by atoms with Crippen LogP contribution < -0.4 is 14.8 Å². The number of ether oxygens (including phenoxy) is 3. The van der Waals surface area contributed by atoms with Crippen molar-refractivity contribution in [3.8, 4) is 11.5 Å². The molecule has 0 amide bonds. The van der Waals surface area contributed by atoms with E-state index in [1.165, 1.54) is 5.56 Å². The molecule has 5 heteroatoms. The van der Waals surface area contributed by atoms with Crippen molar-refractivity contribution >= 4 is 11.6 Å². The first-order chi connectivity index (χ1) is 12.1. The van der Waals surface area contributed by atoms with E-state index in [-0.39, 0.29) is 0 Å². The highest BCUT2D eigenvalue weighted by Gasteiger charge is 2.12. The Balaban J connectivity index is 2.00. The van der Waals surface area contributed by atoms with E-state index in [4.69, 9.17) is 25.8 Å². The minimum Gasteiger partial charge on any atom is -0.493 e. The number of hydrogen-bond donors (Lipinski definition) is 1. The van der Waals surface area contributed by atoms with Crippen molar-refractivity contribution in [3.63, 3.8) is 0 Å². The van der Waals surface area contributed by atoms with E-state index < -0.39 is 0 Å². The molecule has 25 heavy (non-hydrogen) atoms. The van der Waals surface area contributed by atoms with Crippen molar-refractivity contribution in [2.45, 2.75) is 26.5 Å². The fourth-order valence-corrected chi connectivity index (χ4v) is 2.83. The highest BCUT2D eigenvalue weighted by Crippen LogP contribution is 2.37. The smallest absolute Gasteiger partial charge is 0.180 e. The molecule has 0 saturated heterocycles. The standard InChI is InChI=1S/C20H26ClNO3/c1-15-6-4-7-16(10-15)14-25-20-18(21)11-17(12-19(20)24-3)13-22-8-5-9-23-2/h4,6-7,10-12,22H,5,8-9,13-14H2,1-3H3. The molecule has 4 nitrogen and oxygen atoms in total. The van der Waals surface area contributed by atoms with Crippen LogP contribution in [-0.2, 0) is 17.9 Å². The minimum atomic E-state index is 0.451. The summed E-state index contributed by atoms with van der Waals surface area (Å²) in [6, 6.07) is 12.1. The van der Waals surface area contributed by atoms with Gasteiger partial charge in [-0.25, -0.2) is 0 Å². The monoisotopic (exact) mass is 363 g/mol. The third-order valence-corrected chi connectivity index (χ3v) is 4.07. The van der Waals surface area contributed by atoms with Crippen molar-refractivity contribution in [2.24, 2.45) is 0 Å². The van der Waals surface area contributed by atoms with Crippen LogP contribution in [0.4, 0.5) is 0 Å². The van der Waals surface area contributed by atoms with E-state index in [1.54, 1.807) is 14.2 Å². The molecule has 2 aromatic carbocycles. The van der Waals surface area contributed by atoms with Gasteiger partial charge < -0.3 is 19.5 Å². The topological polar surface area (TPSA) is 39.7 Å². The van der Waals surface area contributed by atoms with Crippen LogP contribution in [0.15, 0.2) is 36.4 Å². The van der Waals surface area contributed by atoms with Crippen LogP contribution in [0.1, 0.15) is 23.1 Å². The molecule has 0 atom stereocenters. The number of nitrogens with one attached hydrogen (secondary N) is 1. The predicted molar refractivity (Wildman–Crippen MR) is 102 cm³/mol. The molecule has 0 saturated carbocycles. The van der Waals surface area contributed by atoms with Gasteiger partial charge >= 0.3 is 0 Å². The minimum absolute atomic E-state index is 0.451. The quantitative estimate of drug-likeness (QED) is 0.636. The molecular formula is C20H26ClNO3. The van der Waals surface area contributed by atoms with Gasteiger partial charge in [0, 0.05) is 20.3 Å². The molecule has 0 fully saturated rings. The first-order valence-corrected chi connectivity index (χ1v) is 8.76. The van der Waals surface area contributed by atoms with Crippen molar-refractivity contribution in [1.82, 2.24) is 5.32 Å². The Morgan fingerprint density at radius 2 is 1.92 bits per heavy atom. The molecule has 0 bridgehead atoms. The largest absolute Gasteiger partial charge is 0.493 e. The van der Waals surface area contributed by atoms with E-state index in [2.05, 4.69) is 24.4 Å². The second kappa shape index (κ2) is 10.3. The third-order valence-electron chi connectivity index (χ3n) is 3.79. The summed E-state index contributed by atoms with van der Waals surface area (Å²) in [6.07, 6.45) is 0.971. The number of halogens is 1. The number of rotatable bonds is 10. The summed E-state index contributed by atoms with van der Waals surface area (Å²) in [7, 11) is 3.33. The molecule has 0 heterocycles. The number of methoxy groups -OCH3 is 2. The fourth-order valence-electron chi connectivity index (χ4n) is 2.55. The first-order valence-electron chi connectivity index (χ1n) is 8.38. The molecule has 0 aliphatic carbocycles. The van der Waals surface area contributed by atoms with E-state index in [0.29, 0.717) is 23.1 Å². The molecule has 2 aromatic rings. The SMILES string of the molecule is COCCCNCc1cc(Cl)c(OCc2cccc(C)c2)c(OC)c1. The first kappa shape index (κ1) is 19.6. The highest BCUT2D eigenvalue weighted by molar-refractivity contribution is 6.32. The van der Waals surface area contributed by atoms with Crippen molar-refractivity contribution in [2.75, 3.05) is 27.4 Å². The van der Waals surface area contributed by atoms with Gasteiger partial charge in [0.1, 0.15) is 6.61 Å². The maximum Gasteiger partial charge on any atom is 0.180 e. The summed E-state index contributed by atoms with van der Waals surface area (Å²) >= 11 is 6.42. The average molecular weight is 364 g/mol. The van der Waals surface area contributed by atoms with Gasteiger partial charge in [0.05, 0.1) is 12.1 Å². The molecular weight excluding hydrogens is 338 g/mol. The van der Waals surface area contributed by atoms with Gasteiger partial charge in [-0.2, -0.15) is 0 Å². The number of benzene rings is 2. The molecule has 0 radical (unpaired) electrons. The molecule has 0 aliphatic heterocycles. The van der Waals surface area contributed by atoms with Gasteiger partial charge in [0.15, 0.2) is 11.5 Å². The van der Waals surface area contributed by atoms with Gasteiger partial charge in [-0.1, -0.05) is 41.4 Å². The normalized spacial score (nSPS) is 10.7. The summed E-state index contributed by atoms with van der Waals surface area (Å²) in [6.45, 7) is 4.87. The van der Waals surface area contributed by atoms with E-state index >= 15 is 0 Å². The Morgan fingerprint density at radius 1 is 1.08 bits per heavy atom. The van der Waals surface area contributed by atoms with Gasteiger partial charge in [0.25, 0.3) is 0 Å². The summed E-state index contributed by atoms with van der Waals surface area (Å²) in [5.74, 6) is 1.22. The van der Waals surface area contributed by atoms with Crippen LogP contribution in [0.3, 0.4) is 0 Å². The second-order valence-corrected chi connectivity index (χ2v) is 6.32. The molecule has 1 N–H and O–H groups in total. The zero-order valence-electron chi connectivity index (χ0n) is 15.1. The number of aryl methyl sites for hydroxylation is 1. The Bertz CT molecular complexity index is 676. The molecule has 136 valence electrons. The zero-order chi connectivity index (χ0) is 18.1. The Labute approximate surface area is 155 Å². The van der Waals surface area contributed by atoms with Crippen molar-refractivity contribution < 1.29 is 14.2 Å². The van der Waals surface area contributed by atoms with Gasteiger partial charge in [-0.05, 0) is 43.1 Å². The molecule has 0 unspecified atom stereocenters. The summed E-state index contributed by atoms with van der Waals surface area (Å²) in [5, 5.41) is 3.92. The Hall–Kier alpha value is -1.75. The Kier molecular flexibility index (Phi) is 8.06. The predicted octanol–water partition coefficient (Wildman–Crippen LogP) is 4.36.